The zero-order chi connectivity index (χ0) is 20.2. The Kier molecular flexibility index (Phi) is 5.95. The van der Waals surface area contributed by atoms with Gasteiger partial charge in [-0.25, -0.2) is 4.79 Å². The number of piperidine rings is 1. The Hall–Kier alpha value is -2.66. The van der Waals surface area contributed by atoms with Gasteiger partial charge in [0.2, 0.25) is 0 Å². The maximum Gasteiger partial charge on any atom is 0.335 e. The predicted octanol–water partition coefficient (Wildman–Crippen LogP) is 3.98. The average molecular weight is 393 g/mol. The Bertz CT molecular complexity index is 880. The number of hydrogen-bond acceptors (Lipinski definition) is 3. The highest BCUT2D eigenvalue weighted by atomic mass is 16.5. The Balaban J connectivity index is 1.37. The smallest absolute Gasteiger partial charge is 0.335 e. The first-order valence-corrected chi connectivity index (χ1v) is 10.4. The Morgan fingerprint density at radius 3 is 2.55 bits per heavy atom. The number of amides is 1. The molecule has 2 aromatic carbocycles. The third kappa shape index (κ3) is 4.51. The van der Waals surface area contributed by atoms with Gasteiger partial charge < -0.3 is 14.7 Å². The summed E-state index contributed by atoms with van der Waals surface area (Å²) in [5, 5.41) is 9.38. The summed E-state index contributed by atoms with van der Waals surface area (Å²) in [6.07, 6.45) is 3.56. The maximum absolute atomic E-state index is 13.0. The summed E-state index contributed by atoms with van der Waals surface area (Å²) in [7, 11) is 0. The maximum atomic E-state index is 13.0. The van der Waals surface area contributed by atoms with E-state index < -0.39 is 5.97 Å². The predicted molar refractivity (Wildman–Crippen MR) is 110 cm³/mol. The number of likely N-dealkylation sites (tertiary alicyclic amines) is 1. The average Bonchev–Trinajstić information content (AvgIpc) is 3.29. The number of carboxylic acids is 1. The van der Waals surface area contributed by atoms with Crippen molar-refractivity contribution in [2.24, 2.45) is 5.92 Å². The fraction of sp³-hybridized carbons (Fsp3) is 0.417. The molecule has 0 radical (unpaired) electrons. The molecular weight excluding hydrogens is 366 g/mol. The number of carboxylic acid groups (broad SMARTS) is 1. The number of carbonyl (C=O) groups is 2. The van der Waals surface area contributed by atoms with Crippen LogP contribution in [0.1, 0.15) is 57.0 Å². The number of hydrogen-bond donors (Lipinski definition) is 1. The molecule has 2 saturated heterocycles. The van der Waals surface area contributed by atoms with Crippen molar-refractivity contribution in [1.29, 1.82) is 0 Å². The van der Waals surface area contributed by atoms with Crippen LogP contribution in [0, 0.1) is 5.92 Å². The van der Waals surface area contributed by atoms with Crippen molar-refractivity contribution in [3.63, 3.8) is 0 Å². The van der Waals surface area contributed by atoms with E-state index in [1.807, 2.05) is 35.2 Å². The second-order valence-corrected chi connectivity index (χ2v) is 8.09. The van der Waals surface area contributed by atoms with Gasteiger partial charge in [-0.1, -0.05) is 30.3 Å². The zero-order valence-corrected chi connectivity index (χ0v) is 16.5. The monoisotopic (exact) mass is 393 g/mol. The molecule has 4 rings (SSSR count). The third-order valence-electron chi connectivity index (χ3n) is 6.19. The number of nitrogens with zero attached hydrogens (tertiary/aromatic N) is 1. The quantitative estimate of drug-likeness (QED) is 0.834. The minimum atomic E-state index is -0.874. The van der Waals surface area contributed by atoms with Crippen LogP contribution in [0.5, 0.6) is 0 Å². The highest BCUT2D eigenvalue weighted by Crippen LogP contribution is 2.27. The molecule has 0 aromatic heterocycles. The van der Waals surface area contributed by atoms with E-state index in [4.69, 9.17) is 4.74 Å². The van der Waals surface area contributed by atoms with Gasteiger partial charge in [0.05, 0.1) is 12.2 Å². The van der Waals surface area contributed by atoms with Gasteiger partial charge in [0.25, 0.3) is 5.91 Å². The van der Waals surface area contributed by atoms with Crippen LogP contribution in [0.2, 0.25) is 0 Å². The van der Waals surface area contributed by atoms with E-state index in [-0.39, 0.29) is 5.91 Å². The van der Waals surface area contributed by atoms with Crippen LogP contribution < -0.4 is 0 Å². The second kappa shape index (κ2) is 8.78. The van der Waals surface area contributed by atoms with Crippen LogP contribution in [-0.2, 0) is 11.2 Å². The van der Waals surface area contributed by atoms with Crippen molar-refractivity contribution in [2.45, 2.75) is 31.6 Å². The summed E-state index contributed by atoms with van der Waals surface area (Å²) < 4.78 is 5.48. The molecule has 0 spiro atoms. The van der Waals surface area contributed by atoms with Gasteiger partial charge >= 0.3 is 5.97 Å². The summed E-state index contributed by atoms with van der Waals surface area (Å²) in [5.74, 6) is 0.0141. The molecule has 1 N–H and O–H groups in total. The lowest BCUT2D eigenvalue weighted by Gasteiger charge is -2.32. The topological polar surface area (TPSA) is 66.8 Å². The largest absolute Gasteiger partial charge is 0.478 e. The van der Waals surface area contributed by atoms with Crippen molar-refractivity contribution < 1.29 is 19.4 Å². The molecule has 0 bridgehead atoms. The number of ether oxygens (including phenoxy) is 1. The SMILES string of the molecule is O=C(O)c1ccccc1CC1CCN(C(=O)c2cccc(C3CCOC3)c2)CC1. The van der Waals surface area contributed by atoms with Gasteiger partial charge in [0.1, 0.15) is 0 Å². The molecule has 0 aliphatic carbocycles. The lowest BCUT2D eigenvalue weighted by molar-refractivity contribution is 0.0690. The molecule has 2 aliphatic heterocycles. The summed E-state index contributed by atoms with van der Waals surface area (Å²) in [6, 6.07) is 15.2. The van der Waals surface area contributed by atoms with Crippen molar-refractivity contribution in [1.82, 2.24) is 4.90 Å². The van der Waals surface area contributed by atoms with Crippen molar-refractivity contribution in [3.8, 4) is 0 Å². The van der Waals surface area contributed by atoms with E-state index >= 15 is 0 Å². The van der Waals surface area contributed by atoms with Gasteiger partial charge in [-0.15, -0.1) is 0 Å². The minimum Gasteiger partial charge on any atom is -0.478 e. The van der Waals surface area contributed by atoms with E-state index in [9.17, 15) is 14.7 Å². The van der Waals surface area contributed by atoms with Crippen molar-refractivity contribution in [3.05, 3.63) is 70.8 Å². The molecule has 2 heterocycles. The summed E-state index contributed by atoms with van der Waals surface area (Å²) in [5.41, 5.74) is 3.22. The van der Waals surface area contributed by atoms with E-state index in [1.54, 1.807) is 12.1 Å². The van der Waals surface area contributed by atoms with Gasteiger partial charge in [-0.2, -0.15) is 0 Å². The van der Waals surface area contributed by atoms with Gasteiger partial charge in [-0.05, 0) is 60.9 Å². The molecule has 5 nitrogen and oxygen atoms in total. The first kappa shape index (κ1) is 19.6. The number of rotatable bonds is 5. The third-order valence-corrected chi connectivity index (χ3v) is 6.19. The Morgan fingerprint density at radius 1 is 1.03 bits per heavy atom. The van der Waals surface area contributed by atoms with Crippen LogP contribution in [-0.4, -0.2) is 48.2 Å². The minimum absolute atomic E-state index is 0.0927. The summed E-state index contributed by atoms with van der Waals surface area (Å²) in [6.45, 7) is 2.97. The molecule has 5 heteroatoms. The molecule has 1 atom stereocenters. The molecule has 1 amide bonds. The lowest BCUT2D eigenvalue weighted by atomic mass is 9.88. The van der Waals surface area contributed by atoms with Crippen LogP contribution in [0.25, 0.3) is 0 Å². The van der Waals surface area contributed by atoms with Crippen LogP contribution >= 0.6 is 0 Å². The molecular formula is C24H27NO4. The standard InChI is InChI=1S/C24H27NO4/c26-23(20-6-3-5-18(15-20)21-10-13-29-16-21)25-11-8-17(9-12-25)14-19-4-1-2-7-22(19)24(27)28/h1-7,15,17,21H,8-14,16H2,(H,27,28). The number of aromatic carboxylic acids is 1. The highest BCUT2D eigenvalue weighted by molar-refractivity contribution is 5.94. The van der Waals surface area contributed by atoms with E-state index in [2.05, 4.69) is 6.07 Å². The normalized spacial score (nSPS) is 20.0. The Labute approximate surface area is 171 Å². The second-order valence-electron chi connectivity index (χ2n) is 8.09. The van der Waals surface area contributed by atoms with E-state index in [1.165, 1.54) is 5.56 Å². The fourth-order valence-corrected chi connectivity index (χ4v) is 4.46. The molecule has 0 saturated carbocycles. The number of carbonyl (C=O) groups excluding carboxylic acids is 1. The van der Waals surface area contributed by atoms with E-state index in [0.29, 0.717) is 17.4 Å². The first-order valence-electron chi connectivity index (χ1n) is 10.4. The highest BCUT2D eigenvalue weighted by Gasteiger charge is 2.26. The molecule has 152 valence electrons. The molecule has 2 fully saturated rings. The van der Waals surface area contributed by atoms with Crippen LogP contribution in [0.15, 0.2) is 48.5 Å². The lowest BCUT2D eigenvalue weighted by Crippen LogP contribution is -2.39. The van der Waals surface area contributed by atoms with Gasteiger partial charge in [0, 0.05) is 31.2 Å². The molecule has 2 aliphatic rings. The zero-order valence-electron chi connectivity index (χ0n) is 16.5. The molecule has 29 heavy (non-hydrogen) atoms. The Morgan fingerprint density at radius 2 is 1.83 bits per heavy atom. The summed E-state index contributed by atoms with van der Waals surface area (Å²) >= 11 is 0. The van der Waals surface area contributed by atoms with Crippen LogP contribution in [0.3, 0.4) is 0 Å². The molecule has 2 aromatic rings. The van der Waals surface area contributed by atoms with Gasteiger partial charge in [0.15, 0.2) is 0 Å². The fourth-order valence-electron chi connectivity index (χ4n) is 4.46. The van der Waals surface area contributed by atoms with Gasteiger partial charge in [-0.3, -0.25) is 4.79 Å². The van der Waals surface area contributed by atoms with Crippen molar-refractivity contribution >= 4 is 11.9 Å². The summed E-state index contributed by atoms with van der Waals surface area (Å²) in [4.78, 5) is 26.4. The van der Waals surface area contributed by atoms with Crippen molar-refractivity contribution in [2.75, 3.05) is 26.3 Å². The van der Waals surface area contributed by atoms with E-state index in [0.717, 1.165) is 63.1 Å². The molecule has 1 unspecified atom stereocenters. The first-order chi connectivity index (χ1) is 14.1. The van der Waals surface area contributed by atoms with Crippen LogP contribution in [0.4, 0.5) is 0 Å². The number of benzene rings is 2.